The third kappa shape index (κ3) is 4.77. The van der Waals surface area contributed by atoms with Gasteiger partial charge in [-0.1, -0.05) is 103 Å². The number of allylic oxidation sites excluding steroid dienone is 1. The Kier molecular flexibility index (Phi) is 8.55. The molecule has 0 N–H and O–H groups in total. The van der Waals surface area contributed by atoms with Crippen molar-refractivity contribution >= 4 is 5.97 Å². The van der Waals surface area contributed by atoms with E-state index < -0.39 is 0 Å². The largest absolute Gasteiger partial charge is 0.461 e. The molecular formula is C41H60O4. The monoisotopic (exact) mass is 616 g/mol. The van der Waals surface area contributed by atoms with Crippen molar-refractivity contribution < 1.29 is 19.0 Å². The highest BCUT2D eigenvalue weighted by Crippen LogP contribution is 2.75. The molecule has 5 aliphatic rings. The second-order valence-corrected chi connectivity index (χ2v) is 17.3. The molecule has 0 radical (unpaired) electrons. The fourth-order valence-corrected chi connectivity index (χ4v) is 12.3. The van der Waals surface area contributed by atoms with Crippen molar-refractivity contribution in [1.29, 1.82) is 0 Å². The SMILES string of the molecule is C=CCO[C@H]1[C@H](C)C[C@@]23COC[C@@]1(C)[C@@H]2CC[C@H]1C3=CC[C@@]2(C)[C@H](C(=O)OCc3ccccc3)[C@@](C)([C@H](C)C(C)C)CC[C@]12C. The maximum Gasteiger partial charge on any atom is 0.310 e. The van der Waals surface area contributed by atoms with Crippen molar-refractivity contribution in [2.24, 2.45) is 62.6 Å². The van der Waals surface area contributed by atoms with E-state index in [-0.39, 0.29) is 45.1 Å². The molecule has 6 rings (SSSR count). The first-order chi connectivity index (χ1) is 21.3. The molecule has 4 aliphatic carbocycles. The van der Waals surface area contributed by atoms with E-state index >= 15 is 0 Å². The number of ether oxygens (including phenoxy) is 3. The summed E-state index contributed by atoms with van der Waals surface area (Å²) in [6.45, 7) is 25.8. The molecule has 0 amide bonds. The Hall–Kier alpha value is -1.91. The number of esters is 1. The van der Waals surface area contributed by atoms with Crippen LogP contribution in [-0.2, 0) is 25.6 Å². The molecule has 4 heteroatoms. The zero-order valence-electron chi connectivity index (χ0n) is 29.5. The summed E-state index contributed by atoms with van der Waals surface area (Å²) in [6, 6.07) is 10.2. The van der Waals surface area contributed by atoms with Gasteiger partial charge in [0.2, 0.25) is 0 Å². The van der Waals surface area contributed by atoms with Crippen LogP contribution in [0.1, 0.15) is 99.5 Å². The molecule has 3 saturated carbocycles. The number of carbonyl (C=O) groups excluding carboxylic acids is 1. The summed E-state index contributed by atoms with van der Waals surface area (Å²) in [5.41, 5.74) is 2.46. The first-order valence-corrected chi connectivity index (χ1v) is 18.0. The Morgan fingerprint density at radius 2 is 1.78 bits per heavy atom. The van der Waals surface area contributed by atoms with Crippen LogP contribution in [0.3, 0.4) is 0 Å². The van der Waals surface area contributed by atoms with Crippen LogP contribution in [0.5, 0.6) is 0 Å². The minimum Gasteiger partial charge on any atom is -0.461 e. The number of hydrogen-bond acceptors (Lipinski definition) is 4. The van der Waals surface area contributed by atoms with E-state index in [0.717, 1.165) is 44.5 Å². The van der Waals surface area contributed by atoms with Gasteiger partial charge in [-0.05, 0) is 89.9 Å². The Morgan fingerprint density at radius 3 is 2.47 bits per heavy atom. The van der Waals surface area contributed by atoms with Gasteiger partial charge in [-0.2, -0.15) is 0 Å². The molecular weight excluding hydrogens is 556 g/mol. The highest BCUT2D eigenvalue weighted by molar-refractivity contribution is 5.75. The predicted molar refractivity (Wildman–Crippen MR) is 181 cm³/mol. The Labute approximate surface area is 273 Å². The topological polar surface area (TPSA) is 44.8 Å². The maximum absolute atomic E-state index is 14.6. The Balaban J connectivity index is 1.40. The van der Waals surface area contributed by atoms with E-state index in [1.165, 1.54) is 12.8 Å². The fraction of sp³-hybridized carbons (Fsp3) is 0.732. The summed E-state index contributed by atoms with van der Waals surface area (Å²) in [6.07, 6.45) is 11.4. The number of hydrogen-bond donors (Lipinski definition) is 0. The molecule has 0 spiro atoms. The lowest BCUT2D eigenvalue weighted by Gasteiger charge is -2.71. The molecule has 248 valence electrons. The molecule has 1 aromatic rings. The van der Waals surface area contributed by atoms with Crippen molar-refractivity contribution in [3.63, 3.8) is 0 Å². The van der Waals surface area contributed by atoms with Crippen molar-refractivity contribution in [3.8, 4) is 0 Å². The molecule has 1 heterocycles. The quantitative estimate of drug-likeness (QED) is 0.216. The van der Waals surface area contributed by atoms with Gasteiger partial charge >= 0.3 is 5.97 Å². The van der Waals surface area contributed by atoms with Crippen molar-refractivity contribution in [2.75, 3.05) is 19.8 Å². The van der Waals surface area contributed by atoms with Gasteiger partial charge in [-0.15, -0.1) is 6.58 Å². The number of fused-ring (bicyclic) bond motifs is 3. The highest BCUT2D eigenvalue weighted by atomic mass is 16.5. The molecule has 4 nitrogen and oxygen atoms in total. The third-order valence-corrected chi connectivity index (χ3v) is 15.0. The predicted octanol–water partition coefficient (Wildman–Crippen LogP) is 9.44. The second kappa shape index (κ2) is 11.7. The summed E-state index contributed by atoms with van der Waals surface area (Å²) in [4.78, 5) is 14.6. The zero-order valence-corrected chi connectivity index (χ0v) is 29.5. The van der Waals surface area contributed by atoms with Crippen LogP contribution >= 0.6 is 0 Å². The lowest BCUT2D eigenvalue weighted by atomic mass is 9.34. The highest BCUT2D eigenvalue weighted by Gasteiger charge is 2.71. The molecule has 4 fully saturated rings. The molecule has 1 aliphatic heterocycles. The smallest absolute Gasteiger partial charge is 0.310 e. The summed E-state index contributed by atoms with van der Waals surface area (Å²) >= 11 is 0. The lowest BCUT2D eigenvalue weighted by molar-refractivity contribution is -0.249. The molecule has 45 heavy (non-hydrogen) atoms. The van der Waals surface area contributed by atoms with Crippen LogP contribution in [-0.4, -0.2) is 31.9 Å². The van der Waals surface area contributed by atoms with Gasteiger partial charge in [0, 0.05) is 10.8 Å². The van der Waals surface area contributed by atoms with Crippen molar-refractivity contribution in [1.82, 2.24) is 0 Å². The van der Waals surface area contributed by atoms with E-state index in [4.69, 9.17) is 14.2 Å². The van der Waals surface area contributed by atoms with E-state index in [1.54, 1.807) is 5.57 Å². The normalized spacial score (nSPS) is 44.6. The molecule has 11 atom stereocenters. The Bertz CT molecular complexity index is 1300. The number of carbonyl (C=O) groups is 1. The molecule has 0 unspecified atom stereocenters. The van der Waals surface area contributed by atoms with Gasteiger partial charge in [0.25, 0.3) is 0 Å². The third-order valence-electron chi connectivity index (χ3n) is 15.0. The summed E-state index contributed by atoms with van der Waals surface area (Å²) in [5, 5.41) is 0. The van der Waals surface area contributed by atoms with Crippen LogP contribution < -0.4 is 0 Å². The maximum atomic E-state index is 14.6. The second-order valence-electron chi connectivity index (χ2n) is 17.3. The van der Waals surface area contributed by atoms with Gasteiger partial charge in [-0.3, -0.25) is 4.79 Å². The molecule has 0 aromatic heterocycles. The first kappa shape index (κ1) is 33.0. The van der Waals surface area contributed by atoms with Gasteiger partial charge in [-0.25, -0.2) is 0 Å². The van der Waals surface area contributed by atoms with E-state index in [2.05, 4.69) is 80.2 Å². The van der Waals surface area contributed by atoms with Crippen LogP contribution in [0.4, 0.5) is 0 Å². The molecule has 1 aromatic carbocycles. The van der Waals surface area contributed by atoms with Gasteiger partial charge in [0.05, 0.1) is 31.8 Å². The van der Waals surface area contributed by atoms with Gasteiger partial charge in [0.15, 0.2) is 0 Å². The van der Waals surface area contributed by atoms with E-state index in [9.17, 15) is 4.79 Å². The van der Waals surface area contributed by atoms with Gasteiger partial charge in [0.1, 0.15) is 6.61 Å². The standard InChI is InChI=1S/C41H60O4/c1-10-22-44-35-28(4)23-41-26-43-25-38(35,7)33(41)17-16-31-32(41)18-19-40(9)34(36(42)45-24-30-14-12-11-13-15-30)37(6,29(5)27(2)3)20-21-39(31,40)8/h10-15,18,27-29,31,33-35H,1,16-17,19-26H2,2-9H3/t28-,29-,31+,33+,34-,35+,37-,38+,39-,40+,41+/m1/s1. The van der Waals surface area contributed by atoms with Crippen molar-refractivity contribution in [3.05, 3.63) is 60.2 Å². The number of benzene rings is 1. The minimum absolute atomic E-state index is 0.00595. The van der Waals surface area contributed by atoms with Crippen LogP contribution in [0, 0.1) is 62.6 Å². The summed E-state index contributed by atoms with van der Waals surface area (Å²) in [5.74, 6) is 2.22. The first-order valence-electron chi connectivity index (χ1n) is 18.0. The fourth-order valence-electron chi connectivity index (χ4n) is 12.3. The molecule has 2 bridgehead atoms. The Morgan fingerprint density at radius 1 is 1.04 bits per heavy atom. The van der Waals surface area contributed by atoms with Crippen molar-refractivity contribution in [2.45, 2.75) is 107 Å². The van der Waals surface area contributed by atoms with Crippen LogP contribution in [0.15, 0.2) is 54.6 Å². The van der Waals surface area contributed by atoms with E-state index in [0.29, 0.717) is 42.8 Å². The van der Waals surface area contributed by atoms with Crippen LogP contribution in [0.25, 0.3) is 0 Å². The van der Waals surface area contributed by atoms with Gasteiger partial charge < -0.3 is 14.2 Å². The average Bonchev–Trinajstić information content (AvgIpc) is 3.00. The summed E-state index contributed by atoms with van der Waals surface area (Å²) < 4.78 is 19.4. The molecule has 1 saturated heterocycles. The van der Waals surface area contributed by atoms with Crippen LogP contribution in [0.2, 0.25) is 0 Å². The van der Waals surface area contributed by atoms with E-state index in [1.807, 2.05) is 24.3 Å². The lowest BCUT2D eigenvalue weighted by Crippen LogP contribution is -2.68. The summed E-state index contributed by atoms with van der Waals surface area (Å²) in [7, 11) is 0. The average molecular weight is 617 g/mol. The zero-order chi connectivity index (χ0) is 32.4. The number of rotatable bonds is 8. The minimum atomic E-state index is -0.191.